The first-order valence-electron chi connectivity index (χ1n) is 17.6. The summed E-state index contributed by atoms with van der Waals surface area (Å²) < 4.78 is 0. The van der Waals surface area contributed by atoms with Gasteiger partial charge < -0.3 is 21.7 Å². The topological polar surface area (TPSA) is 113 Å². The maximum absolute atomic E-state index is 12.1. The molecule has 0 aromatic carbocycles. The van der Waals surface area contributed by atoms with E-state index in [1.807, 2.05) is 41.5 Å². The van der Waals surface area contributed by atoms with Crippen molar-refractivity contribution < 1.29 is 14.4 Å². The van der Waals surface area contributed by atoms with E-state index in [0.29, 0.717) is 72.6 Å². The lowest BCUT2D eigenvalue weighted by atomic mass is 9.74. The van der Waals surface area contributed by atoms with E-state index in [-0.39, 0.29) is 31.1 Å². The van der Waals surface area contributed by atoms with Crippen molar-refractivity contribution in [1.29, 1.82) is 0 Å². The van der Waals surface area contributed by atoms with E-state index in [9.17, 15) is 14.4 Å². The number of rotatable bonds is 19. The molecular weight excluding hydrogens is 580 g/mol. The molecule has 270 valence electrons. The summed E-state index contributed by atoms with van der Waals surface area (Å²) in [5.41, 5.74) is 5.62. The van der Waals surface area contributed by atoms with E-state index >= 15 is 0 Å². The molecule has 1 rings (SSSR count). The van der Waals surface area contributed by atoms with Gasteiger partial charge in [-0.1, -0.05) is 103 Å². The van der Waals surface area contributed by atoms with E-state index in [0.717, 1.165) is 31.8 Å². The Morgan fingerprint density at radius 3 is 1.47 bits per heavy atom. The predicted octanol–water partition coefficient (Wildman–Crippen LogP) is 6.97. The molecular formula is C37H78N4O3S. The summed E-state index contributed by atoms with van der Waals surface area (Å²) in [6, 6.07) is 1.46. The number of thiol groups is 1. The zero-order chi connectivity index (χ0) is 34.4. The Bertz CT molecular complexity index is 718. The Labute approximate surface area is 286 Å². The summed E-state index contributed by atoms with van der Waals surface area (Å²) in [6.07, 6.45) is 6.13. The maximum Gasteiger partial charge on any atom is 0.138 e. The van der Waals surface area contributed by atoms with Gasteiger partial charge in [0.25, 0.3) is 0 Å². The molecule has 1 fully saturated rings. The number of hydrogen-bond donors (Lipinski definition) is 5. The van der Waals surface area contributed by atoms with Crippen molar-refractivity contribution in [2.45, 2.75) is 147 Å². The third-order valence-corrected chi connectivity index (χ3v) is 8.64. The minimum absolute atomic E-state index is 0. The fourth-order valence-corrected chi connectivity index (χ4v) is 5.19. The number of nitrogens with one attached hydrogen (secondary N) is 3. The Balaban J connectivity index is -0.000000584. The molecule has 0 aromatic heterocycles. The Morgan fingerprint density at radius 2 is 1.09 bits per heavy atom. The average Bonchev–Trinajstić information content (AvgIpc) is 2.95. The fourth-order valence-electron chi connectivity index (χ4n) is 4.93. The molecule has 5 N–H and O–H groups in total. The highest BCUT2D eigenvalue weighted by molar-refractivity contribution is 7.80. The minimum atomic E-state index is 0. The number of ketones is 3. The number of Topliss-reactive ketones (excluding diaryl/α,β-unsaturated/α-hetero) is 3. The molecule has 4 unspecified atom stereocenters. The first-order chi connectivity index (χ1) is 20.5. The van der Waals surface area contributed by atoms with Crippen LogP contribution in [-0.4, -0.2) is 67.4 Å². The van der Waals surface area contributed by atoms with Gasteiger partial charge in [0.1, 0.15) is 17.3 Å². The van der Waals surface area contributed by atoms with Crippen molar-refractivity contribution in [3.8, 4) is 0 Å². The second-order valence-electron chi connectivity index (χ2n) is 14.7. The van der Waals surface area contributed by atoms with Crippen LogP contribution in [0.3, 0.4) is 0 Å². The normalized spacial score (nSPS) is 17.9. The molecule has 0 saturated heterocycles. The van der Waals surface area contributed by atoms with Crippen LogP contribution in [0.1, 0.15) is 129 Å². The summed E-state index contributed by atoms with van der Waals surface area (Å²) in [7, 11) is 0. The van der Waals surface area contributed by atoms with Gasteiger partial charge in [-0.15, -0.1) is 0 Å². The largest absolute Gasteiger partial charge is 0.330 e. The zero-order valence-corrected chi connectivity index (χ0v) is 31.7. The highest BCUT2D eigenvalue weighted by Gasteiger charge is 2.31. The zero-order valence-electron chi connectivity index (χ0n) is 30.8. The summed E-state index contributed by atoms with van der Waals surface area (Å²) in [6.45, 7) is 27.9. The third-order valence-electron chi connectivity index (χ3n) is 8.12. The van der Waals surface area contributed by atoms with Crippen LogP contribution in [0, 0.1) is 41.4 Å². The molecule has 7 nitrogen and oxygen atoms in total. The first kappa shape index (κ1) is 48.6. The van der Waals surface area contributed by atoms with Crippen molar-refractivity contribution in [1.82, 2.24) is 16.0 Å². The van der Waals surface area contributed by atoms with Gasteiger partial charge >= 0.3 is 0 Å². The van der Waals surface area contributed by atoms with Crippen LogP contribution < -0.4 is 21.7 Å². The van der Waals surface area contributed by atoms with Crippen LogP contribution in [0.5, 0.6) is 0 Å². The summed E-state index contributed by atoms with van der Waals surface area (Å²) >= 11 is 4.27. The van der Waals surface area contributed by atoms with Crippen LogP contribution in [0.4, 0.5) is 0 Å². The Hall–Kier alpha value is -0.800. The SMILES string of the molecule is C.CC(C)NCC(CN)CC(=O)C(C)C.CC(C)NCC(CS)CC(=O)C(C)C.CC(C)NCC1CCCCC1C(=O)C(C)C. The molecule has 0 aliphatic heterocycles. The highest BCUT2D eigenvalue weighted by Crippen LogP contribution is 2.32. The molecule has 0 radical (unpaired) electrons. The quantitative estimate of drug-likeness (QED) is 0.0953. The van der Waals surface area contributed by atoms with E-state index < -0.39 is 0 Å². The monoisotopic (exact) mass is 659 g/mol. The van der Waals surface area contributed by atoms with Crippen molar-refractivity contribution in [2.24, 2.45) is 47.2 Å². The van der Waals surface area contributed by atoms with Gasteiger partial charge in [-0.2, -0.15) is 12.6 Å². The second-order valence-corrected chi connectivity index (χ2v) is 15.1. The lowest BCUT2D eigenvalue weighted by Gasteiger charge is -2.32. The molecule has 0 heterocycles. The van der Waals surface area contributed by atoms with Gasteiger partial charge in [0, 0.05) is 54.6 Å². The van der Waals surface area contributed by atoms with E-state index in [2.05, 4.69) is 70.1 Å². The fraction of sp³-hybridized carbons (Fsp3) is 0.919. The van der Waals surface area contributed by atoms with Crippen molar-refractivity contribution in [2.75, 3.05) is 31.9 Å². The van der Waals surface area contributed by atoms with Crippen molar-refractivity contribution in [3.63, 3.8) is 0 Å². The second kappa shape index (κ2) is 28.2. The molecule has 45 heavy (non-hydrogen) atoms. The molecule has 0 bridgehead atoms. The maximum atomic E-state index is 12.1. The van der Waals surface area contributed by atoms with Crippen LogP contribution in [0.15, 0.2) is 0 Å². The van der Waals surface area contributed by atoms with Crippen LogP contribution in [0.25, 0.3) is 0 Å². The van der Waals surface area contributed by atoms with Crippen molar-refractivity contribution >= 4 is 30.0 Å². The van der Waals surface area contributed by atoms with Crippen LogP contribution >= 0.6 is 12.6 Å². The Morgan fingerprint density at radius 1 is 0.667 bits per heavy atom. The van der Waals surface area contributed by atoms with Gasteiger partial charge in [0.15, 0.2) is 0 Å². The lowest BCUT2D eigenvalue weighted by molar-refractivity contribution is -0.128. The van der Waals surface area contributed by atoms with Gasteiger partial charge in [0.2, 0.25) is 0 Å². The predicted molar refractivity (Wildman–Crippen MR) is 200 cm³/mol. The molecule has 0 aromatic rings. The molecule has 0 spiro atoms. The molecule has 4 atom stereocenters. The highest BCUT2D eigenvalue weighted by atomic mass is 32.1. The summed E-state index contributed by atoms with van der Waals surface area (Å²) in [4.78, 5) is 35.1. The third kappa shape index (κ3) is 25.9. The number of carbonyl (C=O) groups is 3. The molecule has 1 aliphatic carbocycles. The average molecular weight is 659 g/mol. The van der Waals surface area contributed by atoms with Gasteiger partial charge in [-0.3, -0.25) is 14.4 Å². The first-order valence-corrected chi connectivity index (χ1v) is 18.2. The number of hydrogen-bond acceptors (Lipinski definition) is 8. The van der Waals surface area contributed by atoms with Crippen LogP contribution in [0.2, 0.25) is 0 Å². The molecule has 1 aliphatic rings. The van der Waals surface area contributed by atoms with Crippen LogP contribution in [-0.2, 0) is 14.4 Å². The van der Waals surface area contributed by atoms with Gasteiger partial charge in [0.05, 0.1) is 0 Å². The number of carbonyl (C=O) groups excluding carboxylic acids is 3. The van der Waals surface area contributed by atoms with E-state index in [1.54, 1.807) is 0 Å². The molecule has 1 saturated carbocycles. The van der Waals surface area contributed by atoms with E-state index in [4.69, 9.17) is 5.73 Å². The summed E-state index contributed by atoms with van der Waals surface area (Å²) in [5, 5.41) is 10.1. The van der Waals surface area contributed by atoms with Gasteiger partial charge in [-0.05, 0) is 62.5 Å². The lowest BCUT2D eigenvalue weighted by Crippen LogP contribution is -2.38. The summed E-state index contributed by atoms with van der Waals surface area (Å²) in [5.74, 6) is 3.94. The van der Waals surface area contributed by atoms with E-state index in [1.165, 1.54) is 19.3 Å². The molecule has 0 amide bonds. The smallest absolute Gasteiger partial charge is 0.138 e. The number of nitrogens with two attached hydrogens (primary N) is 1. The van der Waals surface area contributed by atoms with Crippen molar-refractivity contribution in [3.05, 3.63) is 0 Å². The Kier molecular flexibility index (Phi) is 30.5. The molecule has 8 heteroatoms. The minimum Gasteiger partial charge on any atom is -0.330 e. The standard InChI is InChI=1S/C14H27NO.C11H24N2O.C11H23NOS.CH4/c1-10(2)14(16)13-8-6-5-7-12(13)9-15-11(3)4;1-8(2)11(14)5-10(6-12)7-13-9(3)4;1-8(2)11(13)5-10(7-14)6-12-9(3)4;/h10-13,15H,5-9H2,1-4H3;8-10,13H,5-7,12H2,1-4H3;8-10,12,14H,5-7H2,1-4H3;1H4. The van der Waals surface area contributed by atoms with Gasteiger partial charge in [-0.25, -0.2) is 0 Å².